The Morgan fingerprint density at radius 3 is 2.60 bits per heavy atom. The molecule has 0 saturated carbocycles. The Morgan fingerprint density at radius 2 is 1.93 bits per heavy atom. The minimum atomic E-state index is 0.672. The number of nitrogen functional groups attached to an aromatic ring is 1. The molecular formula is C12H13NOS. The Hall–Kier alpha value is -1.48. The molecule has 78 valence electrons. The molecule has 2 N–H and O–H groups in total. The van der Waals surface area contributed by atoms with Gasteiger partial charge in [-0.05, 0) is 29.1 Å². The van der Waals surface area contributed by atoms with Gasteiger partial charge in [-0.15, -0.1) is 11.3 Å². The molecule has 1 aromatic heterocycles. The van der Waals surface area contributed by atoms with Crippen LogP contribution in [0, 0.1) is 0 Å². The number of thiophene rings is 1. The van der Waals surface area contributed by atoms with Crippen LogP contribution in [0.25, 0.3) is 0 Å². The second-order valence-electron chi connectivity index (χ2n) is 3.22. The van der Waals surface area contributed by atoms with Crippen molar-refractivity contribution in [3.05, 3.63) is 47.3 Å². The standard InChI is InChI=1S/C12H13NOS/c13-12-10(7-9-15-12)6-8-14-11-4-2-1-3-5-11/h1-5,7,9H,6,8,13H2. The van der Waals surface area contributed by atoms with Crippen molar-refractivity contribution in [2.24, 2.45) is 0 Å². The molecule has 1 heterocycles. The van der Waals surface area contributed by atoms with E-state index in [0.29, 0.717) is 6.61 Å². The zero-order valence-corrected chi connectivity index (χ0v) is 9.17. The van der Waals surface area contributed by atoms with Crippen molar-refractivity contribution in [3.8, 4) is 5.75 Å². The highest BCUT2D eigenvalue weighted by atomic mass is 32.1. The van der Waals surface area contributed by atoms with Gasteiger partial charge in [0.05, 0.1) is 11.6 Å². The molecule has 0 saturated heterocycles. The van der Waals surface area contributed by atoms with Crippen molar-refractivity contribution in [1.82, 2.24) is 0 Å². The first-order valence-electron chi connectivity index (χ1n) is 4.86. The fraction of sp³-hybridized carbons (Fsp3) is 0.167. The van der Waals surface area contributed by atoms with Crippen molar-refractivity contribution in [1.29, 1.82) is 0 Å². The van der Waals surface area contributed by atoms with Crippen LogP contribution < -0.4 is 10.5 Å². The summed E-state index contributed by atoms with van der Waals surface area (Å²) in [5.41, 5.74) is 6.96. The first kappa shape index (κ1) is 10.1. The minimum Gasteiger partial charge on any atom is -0.493 e. The van der Waals surface area contributed by atoms with Crippen LogP contribution in [-0.2, 0) is 6.42 Å². The third kappa shape index (κ3) is 2.73. The first-order chi connectivity index (χ1) is 7.36. The van der Waals surface area contributed by atoms with Crippen LogP contribution in [0.3, 0.4) is 0 Å². The summed E-state index contributed by atoms with van der Waals surface area (Å²) >= 11 is 1.57. The van der Waals surface area contributed by atoms with Crippen LogP contribution in [-0.4, -0.2) is 6.61 Å². The zero-order valence-electron chi connectivity index (χ0n) is 8.35. The normalized spacial score (nSPS) is 10.1. The van der Waals surface area contributed by atoms with E-state index in [4.69, 9.17) is 10.5 Å². The number of nitrogens with two attached hydrogens (primary N) is 1. The number of anilines is 1. The summed E-state index contributed by atoms with van der Waals surface area (Å²) in [5, 5.41) is 2.90. The van der Waals surface area contributed by atoms with Gasteiger partial charge < -0.3 is 10.5 Å². The molecule has 0 aliphatic heterocycles. The van der Waals surface area contributed by atoms with E-state index in [2.05, 4.69) is 0 Å². The van der Waals surface area contributed by atoms with Gasteiger partial charge in [-0.1, -0.05) is 18.2 Å². The molecule has 2 nitrogen and oxygen atoms in total. The van der Waals surface area contributed by atoms with Crippen LogP contribution in [0.2, 0.25) is 0 Å². The second kappa shape index (κ2) is 4.84. The van der Waals surface area contributed by atoms with E-state index in [9.17, 15) is 0 Å². The lowest BCUT2D eigenvalue weighted by Crippen LogP contribution is -2.01. The fourth-order valence-electron chi connectivity index (χ4n) is 1.35. The molecule has 0 radical (unpaired) electrons. The fourth-order valence-corrected chi connectivity index (χ4v) is 2.05. The molecule has 0 unspecified atom stereocenters. The van der Waals surface area contributed by atoms with E-state index in [0.717, 1.165) is 17.2 Å². The molecule has 2 rings (SSSR count). The molecule has 0 fully saturated rings. The minimum absolute atomic E-state index is 0.672. The van der Waals surface area contributed by atoms with E-state index in [1.54, 1.807) is 11.3 Å². The Labute approximate surface area is 93.3 Å². The molecule has 0 amide bonds. The average molecular weight is 219 g/mol. The maximum Gasteiger partial charge on any atom is 0.119 e. The third-order valence-electron chi connectivity index (χ3n) is 2.16. The van der Waals surface area contributed by atoms with Crippen LogP contribution in [0.1, 0.15) is 5.56 Å². The van der Waals surface area contributed by atoms with Gasteiger partial charge in [-0.3, -0.25) is 0 Å². The van der Waals surface area contributed by atoms with Gasteiger partial charge in [0.1, 0.15) is 5.75 Å². The van der Waals surface area contributed by atoms with Crippen molar-refractivity contribution in [2.75, 3.05) is 12.3 Å². The summed E-state index contributed by atoms with van der Waals surface area (Å²) in [6, 6.07) is 11.9. The number of ether oxygens (including phenoxy) is 1. The lowest BCUT2D eigenvalue weighted by molar-refractivity contribution is 0.322. The van der Waals surface area contributed by atoms with Crippen LogP contribution in [0.4, 0.5) is 5.00 Å². The number of para-hydroxylation sites is 1. The largest absolute Gasteiger partial charge is 0.493 e. The monoisotopic (exact) mass is 219 g/mol. The third-order valence-corrected chi connectivity index (χ3v) is 2.95. The first-order valence-corrected chi connectivity index (χ1v) is 5.74. The van der Waals surface area contributed by atoms with Gasteiger partial charge in [-0.2, -0.15) is 0 Å². The molecular weight excluding hydrogens is 206 g/mol. The van der Waals surface area contributed by atoms with Crippen molar-refractivity contribution in [2.45, 2.75) is 6.42 Å². The predicted octanol–water partition coefficient (Wildman–Crippen LogP) is 2.95. The zero-order chi connectivity index (χ0) is 10.5. The van der Waals surface area contributed by atoms with Gasteiger partial charge in [0.25, 0.3) is 0 Å². The Morgan fingerprint density at radius 1 is 1.13 bits per heavy atom. The summed E-state index contributed by atoms with van der Waals surface area (Å²) in [4.78, 5) is 0. The van der Waals surface area contributed by atoms with Crippen molar-refractivity contribution < 1.29 is 4.74 Å². The van der Waals surface area contributed by atoms with Gasteiger partial charge in [0.15, 0.2) is 0 Å². The number of hydrogen-bond acceptors (Lipinski definition) is 3. The van der Waals surface area contributed by atoms with Crippen LogP contribution in [0.15, 0.2) is 41.8 Å². The Kier molecular flexibility index (Phi) is 3.25. The average Bonchev–Trinajstić information content (AvgIpc) is 2.66. The maximum absolute atomic E-state index is 5.78. The van der Waals surface area contributed by atoms with Crippen LogP contribution in [0.5, 0.6) is 5.75 Å². The molecule has 0 atom stereocenters. The lowest BCUT2D eigenvalue weighted by atomic mass is 10.2. The summed E-state index contributed by atoms with van der Waals surface area (Å²) < 4.78 is 5.58. The maximum atomic E-state index is 5.78. The molecule has 0 aliphatic rings. The molecule has 2 aromatic rings. The predicted molar refractivity (Wildman–Crippen MR) is 64.4 cm³/mol. The number of hydrogen-bond donors (Lipinski definition) is 1. The SMILES string of the molecule is Nc1sccc1CCOc1ccccc1. The topological polar surface area (TPSA) is 35.2 Å². The summed E-state index contributed by atoms with van der Waals surface area (Å²) in [6.45, 7) is 0.672. The molecule has 1 aromatic carbocycles. The highest BCUT2D eigenvalue weighted by molar-refractivity contribution is 7.14. The van der Waals surface area contributed by atoms with Gasteiger partial charge in [-0.25, -0.2) is 0 Å². The van der Waals surface area contributed by atoms with Gasteiger partial charge in [0, 0.05) is 6.42 Å². The quantitative estimate of drug-likeness (QED) is 0.858. The van der Waals surface area contributed by atoms with Gasteiger partial charge >= 0.3 is 0 Å². The summed E-state index contributed by atoms with van der Waals surface area (Å²) in [5.74, 6) is 0.909. The Bertz CT molecular complexity index is 411. The van der Waals surface area contributed by atoms with E-state index in [1.807, 2.05) is 41.8 Å². The van der Waals surface area contributed by atoms with Crippen molar-refractivity contribution in [3.63, 3.8) is 0 Å². The van der Waals surface area contributed by atoms with E-state index >= 15 is 0 Å². The van der Waals surface area contributed by atoms with Crippen LogP contribution >= 0.6 is 11.3 Å². The molecule has 0 spiro atoms. The second-order valence-corrected chi connectivity index (χ2v) is 4.17. The lowest BCUT2D eigenvalue weighted by Gasteiger charge is -2.05. The Balaban J connectivity index is 1.83. The van der Waals surface area contributed by atoms with E-state index < -0.39 is 0 Å². The molecule has 15 heavy (non-hydrogen) atoms. The summed E-state index contributed by atoms with van der Waals surface area (Å²) in [6.07, 6.45) is 0.865. The number of rotatable bonds is 4. The van der Waals surface area contributed by atoms with Gasteiger partial charge in [0.2, 0.25) is 0 Å². The molecule has 0 bridgehead atoms. The molecule has 0 aliphatic carbocycles. The highest BCUT2D eigenvalue weighted by Crippen LogP contribution is 2.19. The summed E-state index contributed by atoms with van der Waals surface area (Å²) in [7, 11) is 0. The van der Waals surface area contributed by atoms with E-state index in [-0.39, 0.29) is 0 Å². The smallest absolute Gasteiger partial charge is 0.119 e. The number of benzene rings is 1. The van der Waals surface area contributed by atoms with E-state index in [1.165, 1.54) is 5.56 Å². The molecule has 3 heteroatoms. The van der Waals surface area contributed by atoms with Crippen molar-refractivity contribution >= 4 is 16.3 Å². The highest BCUT2D eigenvalue weighted by Gasteiger charge is 2.00.